The van der Waals surface area contributed by atoms with E-state index in [0.29, 0.717) is 12.3 Å². The van der Waals surface area contributed by atoms with Crippen LogP contribution < -0.4 is 0 Å². The molecule has 0 amide bonds. The molecule has 0 bridgehead atoms. The molecule has 0 spiro atoms. The minimum absolute atomic E-state index is 0.184. The molecule has 0 saturated heterocycles. The molecular formula is C31H37F. The van der Waals surface area contributed by atoms with E-state index >= 15 is 0 Å². The van der Waals surface area contributed by atoms with Gasteiger partial charge in [0.15, 0.2) is 0 Å². The first-order valence-electron chi connectivity index (χ1n) is 11.4. The van der Waals surface area contributed by atoms with Crippen LogP contribution in [-0.2, 0) is 6.42 Å². The van der Waals surface area contributed by atoms with Crippen LogP contribution in [0.3, 0.4) is 0 Å². The van der Waals surface area contributed by atoms with Gasteiger partial charge in [-0.2, -0.15) is 0 Å². The predicted octanol–water partition coefficient (Wildman–Crippen LogP) is 8.93. The minimum Gasteiger partial charge on any atom is -0.207 e. The molecule has 0 radical (unpaired) electrons. The van der Waals surface area contributed by atoms with Crippen molar-refractivity contribution < 1.29 is 4.39 Å². The zero-order chi connectivity index (χ0) is 24.1. The van der Waals surface area contributed by atoms with Gasteiger partial charge in [0.05, 0.1) is 0 Å². The summed E-state index contributed by atoms with van der Waals surface area (Å²) in [5.74, 6) is 0.420. The first-order valence-corrected chi connectivity index (χ1v) is 11.4. The number of hydrogen-bond donors (Lipinski definition) is 0. The maximum absolute atomic E-state index is 13.6. The maximum Gasteiger partial charge on any atom is 0.123 e. The van der Waals surface area contributed by atoms with Gasteiger partial charge in [0.1, 0.15) is 5.82 Å². The number of halogens is 1. The molecule has 0 aromatic heterocycles. The molecule has 1 heteroatoms. The fourth-order valence-corrected chi connectivity index (χ4v) is 4.48. The van der Waals surface area contributed by atoms with E-state index in [2.05, 4.69) is 64.6 Å². The predicted molar refractivity (Wildman–Crippen MR) is 137 cm³/mol. The summed E-state index contributed by atoms with van der Waals surface area (Å²) in [6.07, 6.45) is 8.35. The van der Waals surface area contributed by atoms with Crippen molar-refractivity contribution >= 4 is 0 Å². The van der Waals surface area contributed by atoms with Crippen LogP contribution in [0.2, 0.25) is 0 Å². The van der Waals surface area contributed by atoms with Crippen molar-refractivity contribution in [3.63, 3.8) is 0 Å². The van der Waals surface area contributed by atoms with Crippen LogP contribution in [0.5, 0.6) is 0 Å². The molecular weight excluding hydrogens is 391 g/mol. The van der Waals surface area contributed by atoms with E-state index in [1.165, 1.54) is 12.5 Å². The highest BCUT2D eigenvalue weighted by molar-refractivity contribution is 5.62. The molecule has 2 rings (SSSR count). The SMILES string of the molecule is C=C=C/C(C)=C(\C)C(=C)/C(=C\C1(CCC)CC1C)C(=C=C)C(=C)Cc1ccc(F)cc1C. The number of rotatable bonds is 10. The summed E-state index contributed by atoms with van der Waals surface area (Å²) >= 11 is 0. The van der Waals surface area contributed by atoms with Crippen molar-refractivity contribution in [2.75, 3.05) is 0 Å². The van der Waals surface area contributed by atoms with E-state index in [9.17, 15) is 4.39 Å². The van der Waals surface area contributed by atoms with E-state index in [0.717, 1.165) is 57.4 Å². The van der Waals surface area contributed by atoms with Crippen LogP contribution in [-0.4, -0.2) is 0 Å². The molecule has 0 aliphatic heterocycles. The van der Waals surface area contributed by atoms with Gasteiger partial charge in [-0.15, -0.1) is 11.5 Å². The quantitative estimate of drug-likeness (QED) is 0.258. The van der Waals surface area contributed by atoms with Gasteiger partial charge in [0, 0.05) is 5.57 Å². The Morgan fingerprint density at radius 3 is 2.41 bits per heavy atom. The molecule has 32 heavy (non-hydrogen) atoms. The lowest BCUT2D eigenvalue weighted by atomic mass is 9.82. The largest absolute Gasteiger partial charge is 0.207 e. The molecule has 0 N–H and O–H groups in total. The standard InChI is InChI=1S/C31H37F/c1-10-13-21(4)25(8)26(9)30(20-31(16-11-2)19-24(31)7)29(12-3)23(6)17-27-14-15-28(32)18-22(27)5/h13-15,18,20,24H,1,3,6,9,11,16-17,19H2,2,4-5,7-8H3/b25-21+,30-20+. The highest BCUT2D eigenvalue weighted by atomic mass is 19.1. The molecule has 0 nitrogen and oxygen atoms in total. The third-order valence-electron chi connectivity index (χ3n) is 6.85. The van der Waals surface area contributed by atoms with Gasteiger partial charge in [-0.3, -0.25) is 0 Å². The average Bonchev–Trinajstić information content (AvgIpc) is 3.37. The van der Waals surface area contributed by atoms with Crippen LogP contribution in [0.25, 0.3) is 0 Å². The third kappa shape index (κ3) is 5.68. The zero-order valence-corrected chi connectivity index (χ0v) is 20.5. The van der Waals surface area contributed by atoms with Gasteiger partial charge in [-0.25, -0.2) is 4.39 Å². The van der Waals surface area contributed by atoms with Gasteiger partial charge in [-0.05, 0) is 109 Å². The summed E-state index contributed by atoms with van der Waals surface area (Å²) < 4.78 is 13.6. The fourth-order valence-electron chi connectivity index (χ4n) is 4.48. The average molecular weight is 429 g/mol. The van der Waals surface area contributed by atoms with E-state index in [4.69, 9.17) is 0 Å². The molecule has 1 aromatic rings. The molecule has 1 saturated carbocycles. The number of aryl methyl sites for hydroxylation is 1. The molecule has 0 heterocycles. The molecule has 1 fully saturated rings. The Labute approximate surface area is 194 Å². The Morgan fingerprint density at radius 1 is 1.25 bits per heavy atom. The summed E-state index contributed by atoms with van der Waals surface area (Å²) in [5.41, 5.74) is 14.2. The second-order valence-corrected chi connectivity index (χ2v) is 9.18. The second kappa shape index (κ2) is 10.6. The molecule has 2 unspecified atom stereocenters. The number of allylic oxidation sites excluding steroid dienone is 8. The lowest BCUT2D eigenvalue weighted by Gasteiger charge is -2.21. The normalized spacial score (nSPS) is 20.6. The number of benzene rings is 1. The van der Waals surface area contributed by atoms with Crippen LogP contribution in [0.1, 0.15) is 58.1 Å². The lowest BCUT2D eigenvalue weighted by molar-refractivity contribution is 0.525. The maximum atomic E-state index is 13.6. The Morgan fingerprint density at radius 2 is 1.91 bits per heavy atom. The molecule has 1 aliphatic carbocycles. The summed E-state index contributed by atoms with van der Waals surface area (Å²) in [7, 11) is 0. The summed E-state index contributed by atoms with van der Waals surface area (Å²) in [6.45, 7) is 27.2. The Balaban J connectivity index is 2.55. The van der Waals surface area contributed by atoms with Crippen molar-refractivity contribution in [1.82, 2.24) is 0 Å². The Kier molecular flexibility index (Phi) is 8.45. The zero-order valence-electron chi connectivity index (χ0n) is 20.5. The fraction of sp³-hybridized carbons (Fsp3) is 0.355. The topological polar surface area (TPSA) is 0 Å². The van der Waals surface area contributed by atoms with Crippen LogP contribution in [0.15, 0.2) is 102 Å². The van der Waals surface area contributed by atoms with E-state index in [1.807, 2.05) is 26.0 Å². The van der Waals surface area contributed by atoms with Crippen molar-refractivity contribution in [1.29, 1.82) is 0 Å². The van der Waals surface area contributed by atoms with Crippen molar-refractivity contribution in [3.8, 4) is 0 Å². The van der Waals surface area contributed by atoms with Crippen LogP contribution in [0.4, 0.5) is 4.39 Å². The Bertz CT molecular complexity index is 1080. The van der Waals surface area contributed by atoms with E-state index < -0.39 is 0 Å². The first-order chi connectivity index (χ1) is 15.1. The highest BCUT2D eigenvalue weighted by Gasteiger charge is 2.48. The van der Waals surface area contributed by atoms with Crippen LogP contribution >= 0.6 is 0 Å². The van der Waals surface area contributed by atoms with E-state index in [-0.39, 0.29) is 11.2 Å². The molecule has 1 aromatic carbocycles. The van der Waals surface area contributed by atoms with Crippen molar-refractivity contribution in [3.05, 3.63) is 119 Å². The summed E-state index contributed by atoms with van der Waals surface area (Å²) in [4.78, 5) is 0. The van der Waals surface area contributed by atoms with Gasteiger partial charge in [0.2, 0.25) is 0 Å². The monoisotopic (exact) mass is 428 g/mol. The minimum atomic E-state index is -0.221. The van der Waals surface area contributed by atoms with Gasteiger partial charge < -0.3 is 0 Å². The van der Waals surface area contributed by atoms with Gasteiger partial charge in [0.25, 0.3) is 0 Å². The first kappa shape index (κ1) is 25.4. The van der Waals surface area contributed by atoms with Crippen molar-refractivity contribution in [2.45, 2.75) is 60.3 Å². The molecule has 2 atom stereocenters. The highest BCUT2D eigenvalue weighted by Crippen LogP contribution is 2.58. The number of hydrogen-bond acceptors (Lipinski definition) is 0. The Hall–Kier alpha value is -2.85. The van der Waals surface area contributed by atoms with Crippen LogP contribution in [0, 0.1) is 24.1 Å². The lowest BCUT2D eigenvalue weighted by Crippen LogP contribution is -2.07. The second-order valence-electron chi connectivity index (χ2n) is 9.18. The summed E-state index contributed by atoms with van der Waals surface area (Å²) in [5, 5.41) is 0. The molecule has 1 aliphatic rings. The molecule has 168 valence electrons. The van der Waals surface area contributed by atoms with Gasteiger partial charge in [-0.1, -0.05) is 58.7 Å². The van der Waals surface area contributed by atoms with Crippen molar-refractivity contribution in [2.24, 2.45) is 11.3 Å². The summed E-state index contributed by atoms with van der Waals surface area (Å²) in [6, 6.07) is 4.90. The van der Waals surface area contributed by atoms with Gasteiger partial charge >= 0.3 is 0 Å². The van der Waals surface area contributed by atoms with E-state index in [1.54, 1.807) is 6.07 Å². The third-order valence-corrected chi connectivity index (χ3v) is 6.85. The smallest absolute Gasteiger partial charge is 0.123 e.